The molecule has 4 heteroatoms. The molecule has 0 fully saturated rings. The summed E-state index contributed by atoms with van der Waals surface area (Å²) < 4.78 is 2.06. The first-order chi connectivity index (χ1) is 16.7. The first kappa shape index (κ1) is 19.9. The number of nitro benzene ring substituents is 1. The summed E-state index contributed by atoms with van der Waals surface area (Å²) in [6.45, 7) is 0. The number of aromatic nitrogens is 1. The molecule has 162 valence electrons. The van der Waals surface area contributed by atoms with Gasteiger partial charge in [0.2, 0.25) is 0 Å². The van der Waals surface area contributed by atoms with Gasteiger partial charge < -0.3 is 4.57 Å². The summed E-state index contributed by atoms with van der Waals surface area (Å²) in [4.78, 5) is 11.8. The topological polar surface area (TPSA) is 48.1 Å². The summed E-state index contributed by atoms with van der Waals surface area (Å²) in [5.41, 5.74) is 4.84. The molecule has 1 heterocycles. The molecule has 0 aliphatic heterocycles. The Hall–Kier alpha value is -4.70. The van der Waals surface area contributed by atoms with Gasteiger partial charge in [-0.1, -0.05) is 78.9 Å². The van der Waals surface area contributed by atoms with Crippen molar-refractivity contribution in [1.29, 1.82) is 0 Å². The molecule has 0 radical (unpaired) electrons. The van der Waals surface area contributed by atoms with Crippen molar-refractivity contribution < 1.29 is 4.92 Å². The van der Waals surface area contributed by atoms with E-state index in [4.69, 9.17) is 0 Å². The number of hydrogen-bond acceptors (Lipinski definition) is 2. The average molecular weight is 441 g/mol. The Morgan fingerprint density at radius 1 is 0.588 bits per heavy atom. The smallest absolute Gasteiger partial charge is 0.277 e. The van der Waals surface area contributed by atoms with Crippen molar-refractivity contribution in [3.8, 4) is 27.9 Å². The van der Waals surface area contributed by atoms with Crippen LogP contribution in [0.25, 0.3) is 49.5 Å². The maximum Gasteiger partial charge on any atom is 0.277 e. The molecular formula is C30H20N2O2. The van der Waals surface area contributed by atoms with E-state index in [9.17, 15) is 10.1 Å². The number of benzene rings is 5. The quantitative estimate of drug-likeness (QED) is 0.206. The van der Waals surface area contributed by atoms with Crippen LogP contribution in [-0.2, 0) is 0 Å². The molecular weight excluding hydrogens is 420 g/mol. The SMILES string of the molecule is O=[N+]([O-])c1cc2ccc(-c3ccccc3)cc2cc1-c1cccc2cn(-c3ccccc3)cc12. The third-order valence-electron chi connectivity index (χ3n) is 6.29. The lowest BCUT2D eigenvalue weighted by molar-refractivity contribution is -0.384. The Morgan fingerprint density at radius 3 is 2.12 bits per heavy atom. The van der Waals surface area contributed by atoms with Crippen LogP contribution >= 0.6 is 0 Å². The molecule has 6 aromatic rings. The Morgan fingerprint density at radius 2 is 1.35 bits per heavy atom. The third-order valence-corrected chi connectivity index (χ3v) is 6.29. The number of rotatable bonds is 4. The summed E-state index contributed by atoms with van der Waals surface area (Å²) in [6.07, 6.45) is 4.11. The molecule has 5 aromatic carbocycles. The van der Waals surface area contributed by atoms with E-state index in [2.05, 4.69) is 29.0 Å². The van der Waals surface area contributed by atoms with Crippen LogP contribution < -0.4 is 0 Å². The van der Waals surface area contributed by atoms with Crippen LogP contribution in [0.5, 0.6) is 0 Å². The van der Waals surface area contributed by atoms with Gasteiger partial charge in [-0.25, -0.2) is 0 Å². The fraction of sp³-hybridized carbons (Fsp3) is 0. The molecule has 1 aromatic heterocycles. The minimum atomic E-state index is -0.285. The van der Waals surface area contributed by atoms with Crippen molar-refractivity contribution in [2.24, 2.45) is 0 Å². The summed E-state index contributed by atoms with van der Waals surface area (Å²) in [7, 11) is 0. The van der Waals surface area contributed by atoms with Crippen molar-refractivity contribution in [2.45, 2.75) is 0 Å². The van der Waals surface area contributed by atoms with Crippen molar-refractivity contribution in [1.82, 2.24) is 4.57 Å². The zero-order valence-electron chi connectivity index (χ0n) is 18.3. The van der Waals surface area contributed by atoms with Gasteiger partial charge in [0.25, 0.3) is 5.69 Å². The van der Waals surface area contributed by atoms with Gasteiger partial charge in [0, 0.05) is 34.9 Å². The van der Waals surface area contributed by atoms with E-state index < -0.39 is 0 Å². The number of nitrogens with zero attached hydrogens (tertiary/aromatic N) is 2. The van der Waals surface area contributed by atoms with E-state index in [1.54, 1.807) is 6.07 Å². The number of nitro groups is 1. The van der Waals surface area contributed by atoms with Gasteiger partial charge in [-0.15, -0.1) is 0 Å². The van der Waals surface area contributed by atoms with Gasteiger partial charge in [0.05, 0.1) is 10.5 Å². The summed E-state index contributed by atoms with van der Waals surface area (Å²) >= 11 is 0. The number of hydrogen-bond donors (Lipinski definition) is 0. The van der Waals surface area contributed by atoms with E-state index in [0.29, 0.717) is 5.56 Å². The monoisotopic (exact) mass is 440 g/mol. The second-order valence-electron chi connectivity index (χ2n) is 8.36. The lowest BCUT2D eigenvalue weighted by atomic mass is 9.94. The summed E-state index contributed by atoms with van der Waals surface area (Å²) in [6, 6.07) is 35.9. The molecule has 0 unspecified atom stereocenters. The first-order valence-corrected chi connectivity index (χ1v) is 11.1. The van der Waals surface area contributed by atoms with Crippen molar-refractivity contribution in [3.05, 3.63) is 132 Å². The molecule has 6 rings (SSSR count). The van der Waals surface area contributed by atoms with Crippen LogP contribution in [-0.4, -0.2) is 9.49 Å². The normalized spacial score (nSPS) is 11.2. The Balaban J connectivity index is 1.57. The largest absolute Gasteiger partial charge is 0.323 e. The van der Waals surface area contributed by atoms with Crippen LogP contribution in [0.3, 0.4) is 0 Å². The predicted molar refractivity (Wildman–Crippen MR) is 138 cm³/mol. The van der Waals surface area contributed by atoms with Gasteiger partial charge in [-0.3, -0.25) is 10.1 Å². The molecule has 34 heavy (non-hydrogen) atoms. The molecule has 0 saturated heterocycles. The highest BCUT2D eigenvalue weighted by molar-refractivity contribution is 6.02. The number of para-hydroxylation sites is 1. The highest BCUT2D eigenvalue weighted by Gasteiger charge is 2.19. The van der Waals surface area contributed by atoms with Gasteiger partial charge in [0.1, 0.15) is 0 Å². The minimum absolute atomic E-state index is 0.111. The molecule has 0 spiro atoms. The fourth-order valence-electron chi connectivity index (χ4n) is 4.61. The Bertz CT molecular complexity index is 1670. The third kappa shape index (κ3) is 3.42. The first-order valence-electron chi connectivity index (χ1n) is 11.1. The zero-order chi connectivity index (χ0) is 23.1. The lowest BCUT2D eigenvalue weighted by Gasteiger charge is -2.09. The van der Waals surface area contributed by atoms with Crippen LogP contribution in [0.2, 0.25) is 0 Å². The molecule has 0 amide bonds. The second kappa shape index (κ2) is 8.01. The standard InChI is InChI=1S/C30H20N2O2/c33-32(34)30-18-23-15-14-22(21-8-3-1-4-9-21)16-25(23)17-28(30)27-13-7-10-24-19-31(20-29(24)27)26-11-5-2-6-12-26/h1-20H. The van der Waals surface area contributed by atoms with Gasteiger partial charge in [0.15, 0.2) is 0 Å². The maximum absolute atomic E-state index is 12.1. The summed E-state index contributed by atoms with van der Waals surface area (Å²) in [5, 5.41) is 15.9. The fourth-order valence-corrected chi connectivity index (χ4v) is 4.61. The highest BCUT2D eigenvalue weighted by Crippen LogP contribution is 2.39. The molecule has 0 aliphatic rings. The Kier molecular flexibility index (Phi) is 4.70. The molecule has 0 aliphatic carbocycles. The maximum atomic E-state index is 12.1. The summed E-state index contributed by atoms with van der Waals surface area (Å²) in [5.74, 6) is 0. The minimum Gasteiger partial charge on any atom is -0.323 e. The van der Waals surface area contributed by atoms with Gasteiger partial charge in [-0.05, 0) is 51.7 Å². The zero-order valence-corrected chi connectivity index (χ0v) is 18.3. The highest BCUT2D eigenvalue weighted by atomic mass is 16.6. The molecule has 0 saturated carbocycles. The molecule has 0 atom stereocenters. The van der Waals surface area contributed by atoms with E-state index in [1.165, 1.54) is 0 Å². The van der Waals surface area contributed by atoms with Crippen LogP contribution in [0.1, 0.15) is 0 Å². The van der Waals surface area contributed by atoms with Crippen LogP contribution in [0, 0.1) is 10.1 Å². The van der Waals surface area contributed by atoms with Crippen molar-refractivity contribution >= 4 is 27.2 Å². The average Bonchev–Trinajstić information content (AvgIpc) is 3.33. The van der Waals surface area contributed by atoms with Crippen molar-refractivity contribution in [2.75, 3.05) is 0 Å². The van der Waals surface area contributed by atoms with Crippen LogP contribution in [0.4, 0.5) is 5.69 Å². The van der Waals surface area contributed by atoms with Crippen LogP contribution in [0.15, 0.2) is 122 Å². The Labute approximate surface area is 196 Å². The lowest BCUT2D eigenvalue weighted by Crippen LogP contribution is -1.93. The molecule has 0 N–H and O–H groups in total. The molecule has 0 bridgehead atoms. The van der Waals surface area contributed by atoms with E-state index >= 15 is 0 Å². The van der Waals surface area contributed by atoms with E-state index in [-0.39, 0.29) is 10.6 Å². The van der Waals surface area contributed by atoms with Gasteiger partial charge in [-0.2, -0.15) is 0 Å². The van der Waals surface area contributed by atoms with Crippen molar-refractivity contribution in [3.63, 3.8) is 0 Å². The predicted octanol–water partition coefficient (Wildman–Crippen LogP) is 8.03. The van der Waals surface area contributed by atoms with Gasteiger partial charge >= 0.3 is 0 Å². The molecule has 4 nitrogen and oxygen atoms in total. The van der Waals surface area contributed by atoms with E-state index in [0.717, 1.165) is 43.9 Å². The number of fused-ring (bicyclic) bond motifs is 2. The second-order valence-corrected chi connectivity index (χ2v) is 8.36. The van der Waals surface area contributed by atoms with E-state index in [1.807, 2.05) is 91.1 Å².